The van der Waals surface area contributed by atoms with Crippen LogP contribution < -0.4 is 0 Å². The molecule has 2 saturated heterocycles. The van der Waals surface area contributed by atoms with Crippen molar-refractivity contribution in [2.75, 3.05) is 13.2 Å². The van der Waals surface area contributed by atoms with Gasteiger partial charge in [-0.3, -0.25) is 0 Å². The molecular weight excluding hydrogens is 176 g/mol. The largest absolute Gasteiger partial charge is 0.346 e. The molecule has 0 radical (unpaired) electrons. The smallest absolute Gasteiger partial charge is 0.195 e. The Bertz CT molecular complexity index is 318. The topological polar surface area (TPSA) is 18.5 Å². The van der Waals surface area contributed by atoms with Crippen molar-refractivity contribution in [2.24, 2.45) is 5.92 Å². The molecule has 2 atom stereocenters. The van der Waals surface area contributed by atoms with Crippen molar-refractivity contribution < 1.29 is 9.47 Å². The minimum absolute atomic E-state index is 0.413. The summed E-state index contributed by atoms with van der Waals surface area (Å²) in [5, 5.41) is 0. The lowest BCUT2D eigenvalue weighted by atomic mass is 9.93. The number of benzene rings is 1. The van der Waals surface area contributed by atoms with Gasteiger partial charge < -0.3 is 9.47 Å². The van der Waals surface area contributed by atoms with Crippen LogP contribution in [0.15, 0.2) is 30.3 Å². The van der Waals surface area contributed by atoms with Gasteiger partial charge in [0.15, 0.2) is 5.79 Å². The highest BCUT2D eigenvalue weighted by atomic mass is 16.7. The van der Waals surface area contributed by atoms with Crippen LogP contribution >= 0.6 is 0 Å². The summed E-state index contributed by atoms with van der Waals surface area (Å²) in [6.45, 7) is 1.69. The first-order valence-electron chi connectivity index (χ1n) is 5.22. The maximum absolute atomic E-state index is 5.83. The Hall–Kier alpha value is -0.860. The number of hydrogen-bond donors (Lipinski definition) is 0. The van der Waals surface area contributed by atoms with Gasteiger partial charge in [0.2, 0.25) is 0 Å². The van der Waals surface area contributed by atoms with Gasteiger partial charge in [-0.15, -0.1) is 0 Å². The van der Waals surface area contributed by atoms with E-state index in [0.29, 0.717) is 5.92 Å². The zero-order valence-electron chi connectivity index (χ0n) is 8.11. The van der Waals surface area contributed by atoms with Gasteiger partial charge in [-0.05, 0) is 12.3 Å². The molecule has 0 spiro atoms. The molecule has 2 heterocycles. The van der Waals surface area contributed by atoms with Crippen molar-refractivity contribution in [1.82, 2.24) is 0 Å². The maximum atomic E-state index is 5.83. The molecule has 0 N–H and O–H groups in total. The lowest BCUT2D eigenvalue weighted by Gasteiger charge is -2.32. The molecule has 2 aliphatic heterocycles. The van der Waals surface area contributed by atoms with Gasteiger partial charge in [-0.25, -0.2) is 0 Å². The summed E-state index contributed by atoms with van der Waals surface area (Å²) in [4.78, 5) is 0. The highest BCUT2D eigenvalue weighted by molar-refractivity contribution is 5.21. The third-order valence-corrected chi connectivity index (χ3v) is 3.18. The first kappa shape index (κ1) is 8.45. The minimum Gasteiger partial charge on any atom is -0.346 e. The van der Waals surface area contributed by atoms with Gasteiger partial charge in [0.1, 0.15) is 0 Å². The van der Waals surface area contributed by atoms with E-state index in [0.717, 1.165) is 26.1 Å². The molecular formula is C12H14O2. The molecule has 14 heavy (non-hydrogen) atoms. The molecule has 3 rings (SSSR count). The van der Waals surface area contributed by atoms with Crippen LogP contribution in [0.25, 0.3) is 0 Å². The fraction of sp³-hybridized carbons (Fsp3) is 0.500. The van der Waals surface area contributed by atoms with E-state index in [1.807, 2.05) is 18.2 Å². The molecule has 0 amide bonds. The zero-order valence-corrected chi connectivity index (χ0v) is 8.11. The van der Waals surface area contributed by atoms with Gasteiger partial charge in [-0.1, -0.05) is 30.3 Å². The summed E-state index contributed by atoms with van der Waals surface area (Å²) >= 11 is 0. The lowest BCUT2D eigenvalue weighted by Crippen LogP contribution is -2.32. The fourth-order valence-electron chi connectivity index (χ4n) is 2.40. The number of fused-ring (bicyclic) bond motifs is 2. The predicted molar refractivity (Wildman–Crippen MR) is 52.7 cm³/mol. The SMILES string of the molecule is c1ccc([C@@]23C[C@@H](CCO2)CO3)cc1. The fourth-order valence-corrected chi connectivity index (χ4v) is 2.40. The van der Waals surface area contributed by atoms with Crippen LogP contribution in [0, 0.1) is 5.92 Å². The Labute approximate surface area is 83.8 Å². The summed E-state index contributed by atoms with van der Waals surface area (Å²) in [6.07, 6.45) is 2.17. The molecule has 74 valence electrons. The molecule has 0 saturated carbocycles. The Morgan fingerprint density at radius 1 is 1.14 bits per heavy atom. The lowest BCUT2D eigenvalue weighted by molar-refractivity contribution is -0.222. The average molecular weight is 190 g/mol. The van der Waals surface area contributed by atoms with Gasteiger partial charge in [0.05, 0.1) is 13.2 Å². The summed E-state index contributed by atoms with van der Waals surface area (Å²) in [7, 11) is 0. The second kappa shape index (κ2) is 3.07. The summed E-state index contributed by atoms with van der Waals surface area (Å²) < 4.78 is 11.6. The zero-order chi connectivity index (χ0) is 9.43. The van der Waals surface area contributed by atoms with Crippen LogP contribution in [0.2, 0.25) is 0 Å². The maximum Gasteiger partial charge on any atom is 0.195 e. The Morgan fingerprint density at radius 2 is 2.00 bits per heavy atom. The monoisotopic (exact) mass is 190 g/mol. The van der Waals surface area contributed by atoms with Gasteiger partial charge in [0.25, 0.3) is 0 Å². The molecule has 1 aromatic rings. The first-order valence-corrected chi connectivity index (χ1v) is 5.22. The van der Waals surface area contributed by atoms with E-state index in [1.165, 1.54) is 5.56 Å². The molecule has 0 aromatic heterocycles. The van der Waals surface area contributed by atoms with Gasteiger partial charge in [-0.2, -0.15) is 0 Å². The Balaban J connectivity index is 1.97. The van der Waals surface area contributed by atoms with Crippen LogP contribution in [0.4, 0.5) is 0 Å². The number of ether oxygens (including phenoxy) is 2. The molecule has 0 aliphatic carbocycles. The molecule has 2 bridgehead atoms. The molecule has 2 heteroatoms. The van der Waals surface area contributed by atoms with Crippen molar-refractivity contribution in [3.8, 4) is 0 Å². The van der Waals surface area contributed by atoms with Crippen LogP contribution in [0.1, 0.15) is 18.4 Å². The van der Waals surface area contributed by atoms with Crippen molar-refractivity contribution in [2.45, 2.75) is 18.6 Å². The minimum atomic E-state index is -0.413. The second-order valence-corrected chi connectivity index (χ2v) is 4.14. The van der Waals surface area contributed by atoms with Crippen molar-refractivity contribution in [3.05, 3.63) is 35.9 Å². The van der Waals surface area contributed by atoms with Gasteiger partial charge in [0, 0.05) is 12.0 Å². The normalized spacial score (nSPS) is 35.9. The van der Waals surface area contributed by atoms with E-state index in [-0.39, 0.29) is 0 Å². The average Bonchev–Trinajstić information content (AvgIpc) is 2.57. The summed E-state index contributed by atoms with van der Waals surface area (Å²) in [5.41, 5.74) is 1.17. The van der Waals surface area contributed by atoms with Crippen LogP contribution in [0.5, 0.6) is 0 Å². The van der Waals surface area contributed by atoms with Crippen LogP contribution in [0.3, 0.4) is 0 Å². The Morgan fingerprint density at radius 3 is 2.86 bits per heavy atom. The number of rotatable bonds is 1. The highest BCUT2D eigenvalue weighted by Crippen LogP contribution is 2.44. The molecule has 0 unspecified atom stereocenters. The van der Waals surface area contributed by atoms with Crippen molar-refractivity contribution in [3.63, 3.8) is 0 Å². The van der Waals surface area contributed by atoms with E-state index < -0.39 is 5.79 Å². The third kappa shape index (κ3) is 1.18. The van der Waals surface area contributed by atoms with E-state index in [4.69, 9.17) is 9.47 Å². The highest BCUT2D eigenvalue weighted by Gasteiger charge is 2.45. The van der Waals surface area contributed by atoms with E-state index in [1.54, 1.807) is 0 Å². The van der Waals surface area contributed by atoms with E-state index >= 15 is 0 Å². The Kier molecular flexibility index (Phi) is 1.85. The van der Waals surface area contributed by atoms with Crippen molar-refractivity contribution >= 4 is 0 Å². The summed E-state index contributed by atoms with van der Waals surface area (Å²) in [6, 6.07) is 10.3. The number of hydrogen-bond acceptors (Lipinski definition) is 2. The molecule has 2 nitrogen and oxygen atoms in total. The quantitative estimate of drug-likeness (QED) is 0.676. The van der Waals surface area contributed by atoms with E-state index in [9.17, 15) is 0 Å². The first-order chi connectivity index (χ1) is 6.89. The second-order valence-electron chi connectivity index (χ2n) is 4.14. The molecule has 2 aliphatic rings. The van der Waals surface area contributed by atoms with Crippen LogP contribution in [-0.4, -0.2) is 13.2 Å². The molecule has 1 aromatic carbocycles. The predicted octanol–water partition coefficient (Wildman–Crippen LogP) is 2.30. The standard InChI is InChI=1S/C12H14O2/c1-2-4-11(5-3-1)12-8-10(9-14-12)6-7-13-12/h1-5,10H,6-9H2/t10-,12+/m1/s1. The summed E-state index contributed by atoms with van der Waals surface area (Å²) in [5.74, 6) is 0.286. The molecule has 2 fully saturated rings. The van der Waals surface area contributed by atoms with Gasteiger partial charge >= 0.3 is 0 Å². The third-order valence-electron chi connectivity index (χ3n) is 3.18. The van der Waals surface area contributed by atoms with Crippen LogP contribution in [-0.2, 0) is 15.3 Å². The van der Waals surface area contributed by atoms with E-state index in [2.05, 4.69) is 12.1 Å². The van der Waals surface area contributed by atoms with Crippen molar-refractivity contribution in [1.29, 1.82) is 0 Å².